The summed E-state index contributed by atoms with van der Waals surface area (Å²) in [6, 6.07) is 9.09. The smallest absolute Gasteiger partial charge is 0.163 e. The van der Waals surface area contributed by atoms with Crippen LogP contribution in [0.4, 0.5) is 11.4 Å². The molecule has 46 heavy (non-hydrogen) atoms. The number of piperazine rings is 1. The molecule has 0 unspecified atom stereocenters. The molecule has 1 N–H and O–H groups in total. The number of hydrogen-bond donors (Lipinski definition) is 1. The lowest BCUT2D eigenvalue weighted by atomic mass is 10.1. The highest BCUT2D eigenvalue weighted by Gasteiger charge is 2.18. The fraction of sp³-hybridized carbons (Fsp3) is 0.484. The molecule has 0 radical (unpaired) electrons. The number of azide groups is 1. The quantitative estimate of drug-likeness (QED) is 0.0748. The van der Waals surface area contributed by atoms with Gasteiger partial charge in [-0.25, -0.2) is 0 Å². The van der Waals surface area contributed by atoms with E-state index in [0.29, 0.717) is 94.7 Å². The fourth-order valence-electron chi connectivity index (χ4n) is 4.98. The van der Waals surface area contributed by atoms with E-state index < -0.39 is 0 Å². The van der Waals surface area contributed by atoms with Crippen LogP contribution in [-0.2, 0) is 9.47 Å². The van der Waals surface area contributed by atoms with Crippen molar-refractivity contribution in [2.24, 2.45) is 5.11 Å². The Morgan fingerprint density at radius 1 is 0.913 bits per heavy atom. The molecular formula is C31H38Cl2N8O5. The number of rotatable bonds is 18. The van der Waals surface area contributed by atoms with Crippen LogP contribution in [0.2, 0.25) is 10.0 Å². The number of methoxy groups -OCH3 is 2. The Kier molecular flexibility index (Phi) is 14.1. The Balaban J connectivity index is 1.26. The molecule has 1 saturated heterocycles. The van der Waals surface area contributed by atoms with Crippen molar-refractivity contribution >= 4 is 45.5 Å². The molecule has 13 nitrogen and oxygen atoms in total. The fourth-order valence-corrected chi connectivity index (χ4v) is 5.49. The van der Waals surface area contributed by atoms with Gasteiger partial charge in [0.05, 0.1) is 79.8 Å². The number of fused-ring (bicyclic) bond motifs is 1. The largest absolute Gasteiger partial charge is 0.495 e. The number of anilines is 2. The van der Waals surface area contributed by atoms with E-state index in [-0.39, 0.29) is 0 Å². The van der Waals surface area contributed by atoms with Crippen molar-refractivity contribution in [2.75, 3.05) is 98.4 Å². The minimum atomic E-state index is 0.339. The average Bonchev–Trinajstić information content (AvgIpc) is 3.07. The predicted octanol–water partition coefficient (Wildman–Crippen LogP) is 5.90. The molecule has 4 rings (SSSR count). The second-order valence-corrected chi connectivity index (χ2v) is 11.1. The highest BCUT2D eigenvalue weighted by molar-refractivity contribution is 6.37. The molecular weight excluding hydrogens is 635 g/mol. The van der Waals surface area contributed by atoms with Gasteiger partial charge in [0.15, 0.2) is 11.5 Å². The van der Waals surface area contributed by atoms with E-state index >= 15 is 0 Å². The van der Waals surface area contributed by atoms with Gasteiger partial charge in [0.2, 0.25) is 0 Å². The molecule has 0 spiro atoms. The zero-order chi connectivity index (χ0) is 32.7. The number of ether oxygens (including phenoxy) is 5. The minimum Gasteiger partial charge on any atom is -0.495 e. The van der Waals surface area contributed by atoms with E-state index in [2.05, 4.69) is 36.2 Å². The Morgan fingerprint density at radius 2 is 1.63 bits per heavy atom. The van der Waals surface area contributed by atoms with Crippen LogP contribution in [0.1, 0.15) is 12.0 Å². The molecule has 0 amide bonds. The summed E-state index contributed by atoms with van der Waals surface area (Å²) in [6.07, 6.45) is 2.37. The van der Waals surface area contributed by atoms with Crippen LogP contribution >= 0.6 is 23.2 Å². The van der Waals surface area contributed by atoms with Crippen molar-refractivity contribution in [3.05, 3.63) is 56.5 Å². The molecule has 2 aromatic carbocycles. The number of nitrogens with zero attached hydrogens (tertiary/aromatic N) is 7. The molecule has 3 aromatic rings. The number of benzene rings is 2. The summed E-state index contributed by atoms with van der Waals surface area (Å²) in [5, 5.41) is 17.9. The van der Waals surface area contributed by atoms with E-state index in [1.165, 1.54) is 13.3 Å². The normalized spacial score (nSPS) is 13.6. The van der Waals surface area contributed by atoms with Gasteiger partial charge in [-0.1, -0.05) is 28.3 Å². The SMILES string of the molecule is COc1cc(Nc2c(C#N)cnc3cc(OCCCN4CCN(CCOCCOCCN=[N+]=[N-])CC4)c(OC)cc23)c(Cl)cc1Cl. The van der Waals surface area contributed by atoms with Gasteiger partial charge in [-0.3, -0.25) is 9.88 Å². The van der Waals surface area contributed by atoms with E-state index in [9.17, 15) is 5.26 Å². The Hall–Kier alpha value is -3.73. The number of hydrogen-bond acceptors (Lipinski definition) is 11. The number of nitriles is 1. The first kappa shape index (κ1) is 35.1. The Labute approximate surface area is 278 Å². The van der Waals surface area contributed by atoms with Crippen molar-refractivity contribution in [2.45, 2.75) is 6.42 Å². The maximum atomic E-state index is 9.82. The van der Waals surface area contributed by atoms with Gasteiger partial charge in [0.25, 0.3) is 0 Å². The van der Waals surface area contributed by atoms with Gasteiger partial charge in [-0.05, 0) is 24.1 Å². The third kappa shape index (κ3) is 9.88. The first-order chi connectivity index (χ1) is 22.5. The summed E-state index contributed by atoms with van der Waals surface area (Å²) in [5.74, 6) is 1.56. The standard InChI is InChI=1S/C31H38Cl2N8O5/c1-42-28-19-27(24(32)17-25(28)33)38-31-22(20-34)21-36-26-18-30(29(43-2)16-23(26)31)46-11-3-5-40-6-8-41(9-7-40)10-13-45-15-14-44-12-4-37-39-35/h16-19,21H,3-15H2,1-2H3,(H,36,38). The molecule has 1 aromatic heterocycles. The van der Waals surface area contributed by atoms with Gasteiger partial charge in [-0.15, -0.1) is 0 Å². The average molecular weight is 674 g/mol. The summed E-state index contributed by atoms with van der Waals surface area (Å²) in [5.41, 5.74) is 10.3. The lowest BCUT2D eigenvalue weighted by Gasteiger charge is -2.34. The minimum absolute atomic E-state index is 0.339. The molecule has 0 aliphatic carbocycles. The van der Waals surface area contributed by atoms with E-state index in [1.54, 1.807) is 19.2 Å². The lowest BCUT2D eigenvalue weighted by Crippen LogP contribution is -2.47. The van der Waals surface area contributed by atoms with Crippen molar-refractivity contribution < 1.29 is 23.7 Å². The number of aromatic nitrogens is 1. The molecule has 246 valence electrons. The predicted molar refractivity (Wildman–Crippen MR) is 178 cm³/mol. The topological polar surface area (TPSA) is 150 Å². The van der Waals surface area contributed by atoms with E-state index in [1.807, 2.05) is 12.1 Å². The number of pyridine rings is 1. The van der Waals surface area contributed by atoms with Crippen LogP contribution in [0.25, 0.3) is 21.3 Å². The van der Waals surface area contributed by atoms with Crippen LogP contribution in [0, 0.1) is 11.3 Å². The van der Waals surface area contributed by atoms with Crippen molar-refractivity contribution in [1.29, 1.82) is 5.26 Å². The summed E-state index contributed by atoms with van der Waals surface area (Å²) < 4.78 is 28.1. The van der Waals surface area contributed by atoms with Crippen molar-refractivity contribution in [1.82, 2.24) is 14.8 Å². The third-order valence-electron chi connectivity index (χ3n) is 7.44. The Bertz CT molecular complexity index is 1540. The Morgan fingerprint density at radius 3 is 2.33 bits per heavy atom. The van der Waals surface area contributed by atoms with Crippen molar-refractivity contribution in [3.63, 3.8) is 0 Å². The first-order valence-corrected chi connectivity index (χ1v) is 15.7. The zero-order valence-electron chi connectivity index (χ0n) is 26.0. The van der Waals surface area contributed by atoms with Crippen LogP contribution < -0.4 is 19.5 Å². The van der Waals surface area contributed by atoms with Crippen LogP contribution in [0.3, 0.4) is 0 Å². The maximum Gasteiger partial charge on any atom is 0.163 e. The second-order valence-electron chi connectivity index (χ2n) is 10.3. The highest BCUT2D eigenvalue weighted by Crippen LogP contribution is 2.40. The van der Waals surface area contributed by atoms with Crippen LogP contribution in [-0.4, -0.2) is 108 Å². The molecule has 1 aliphatic rings. The van der Waals surface area contributed by atoms with E-state index in [0.717, 1.165) is 45.7 Å². The molecule has 1 fully saturated rings. The molecule has 1 aliphatic heterocycles. The maximum absolute atomic E-state index is 9.82. The summed E-state index contributed by atoms with van der Waals surface area (Å²) in [4.78, 5) is 12.0. The van der Waals surface area contributed by atoms with E-state index in [4.69, 9.17) is 52.4 Å². The van der Waals surface area contributed by atoms with Crippen molar-refractivity contribution in [3.8, 4) is 23.3 Å². The molecule has 15 heteroatoms. The van der Waals surface area contributed by atoms with Gasteiger partial charge < -0.3 is 33.9 Å². The summed E-state index contributed by atoms with van der Waals surface area (Å²) in [6.45, 7) is 8.74. The lowest BCUT2D eigenvalue weighted by molar-refractivity contribution is 0.0334. The molecule has 0 saturated carbocycles. The number of halogens is 2. The molecule has 0 atom stereocenters. The summed E-state index contributed by atoms with van der Waals surface area (Å²) >= 11 is 12.7. The van der Waals surface area contributed by atoms with Crippen LogP contribution in [0.15, 0.2) is 35.6 Å². The monoisotopic (exact) mass is 672 g/mol. The summed E-state index contributed by atoms with van der Waals surface area (Å²) in [7, 11) is 3.10. The van der Waals surface area contributed by atoms with Crippen LogP contribution in [0.5, 0.6) is 17.2 Å². The highest BCUT2D eigenvalue weighted by atomic mass is 35.5. The second kappa shape index (κ2) is 18.4. The third-order valence-corrected chi connectivity index (χ3v) is 8.05. The zero-order valence-corrected chi connectivity index (χ0v) is 27.5. The van der Waals surface area contributed by atoms with Gasteiger partial charge in [-0.2, -0.15) is 5.26 Å². The number of nitrogens with one attached hydrogen (secondary N) is 1. The van der Waals surface area contributed by atoms with Gasteiger partial charge >= 0.3 is 0 Å². The van der Waals surface area contributed by atoms with Gasteiger partial charge in [0, 0.05) is 74.4 Å². The molecule has 0 bridgehead atoms. The van der Waals surface area contributed by atoms with Gasteiger partial charge in [0.1, 0.15) is 11.8 Å². The molecule has 2 heterocycles. The first-order valence-electron chi connectivity index (χ1n) is 14.9.